The zero-order valence-electron chi connectivity index (χ0n) is 17.2. The Morgan fingerprint density at radius 3 is 2.42 bits per heavy atom. The van der Waals surface area contributed by atoms with Gasteiger partial charge in [0.2, 0.25) is 5.91 Å². The highest BCUT2D eigenvalue weighted by Gasteiger charge is 2.55. The number of fused-ring (bicyclic) bond motifs is 1. The molecule has 0 spiro atoms. The van der Waals surface area contributed by atoms with Crippen molar-refractivity contribution < 1.29 is 23.9 Å². The average Bonchev–Trinajstić information content (AvgIpc) is 3.28. The topological polar surface area (TPSA) is 113 Å². The summed E-state index contributed by atoms with van der Waals surface area (Å²) in [5.74, 6) is -0.330. The largest absolute Gasteiger partial charge is 0.493 e. The minimum Gasteiger partial charge on any atom is -0.493 e. The van der Waals surface area contributed by atoms with Crippen molar-refractivity contribution in [3.05, 3.63) is 48.0 Å². The molecule has 31 heavy (non-hydrogen) atoms. The number of carbonyl (C=O) groups excluding carboxylic acids is 3. The number of nitrogens with zero attached hydrogens (tertiary/aromatic N) is 4. The molecule has 1 fully saturated rings. The van der Waals surface area contributed by atoms with Gasteiger partial charge in [-0.05, 0) is 31.2 Å². The standard InChI is InChI=1S/C21H21N5O5/c1-12-4-7-14(8-5-12)26-20(28)18-19(21(26)29)25(24-23-18)11-17(27)22-13-6-9-15(30-2)16(10-13)31-3/h4-10,18-19H,11H2,1-3H3,(H,22,27). The number of rotatable bonds is 6. The first-order valence-electron chi connectivity index (χ1n) is 9.56. The number of methoxy groups -OCH3 is 2. The third-order valence-electron chi connectivity index (χ3n) is 5.12. The summed E-state index contributed by atoms with van der Waals surface area (Å²) >= 11 is 0. The van der Waals surface area contributed by atoms with Crippen LogP contribution in [0.1, 0.15) is 5.56 Å². The molecule has 0 aromatic heterocycles. The first kappa shape index (κ1) is 20.3. The molecule has 2 aliphatic rings. The number of ether oxygens (including phenoxy) is 2. The van der Waals surface area contributed by atoms with E-state index in [2.05, 4.69) is 15.7 Å². The van der Waals surface area contributed by atoms with Crippen LogP contribution in [0.4, 0.5) is 11.4 Å². The van der Waals surface area contributed by atoms with Crippen LogP contribution in [-0.4, -0.2) is 55.6 Å². The summed E-state index contributed by atoms with van der Waals surface area (Å²) in [6.45, 7) is 1.68. The van der Waals surface area contributed by atoms with E-state index in [9.17, 15) is 14.4 Å². The van der Waals surface area contributed by atoms with Gasteiger partial charge in [-0.15, -0.1) is 0 Å². The molecular formula is C21H21N5O5. The molecule has 2 aliphatic heterocycles. The van der Waals surface area contributed by atoms with Crippen LogP contribution >= 0.6 is 0 Å². The predicted molar refractivity (Wildman–Crippen MR) is 111 cm³/mol. The van der Waals surface area contributed by atoms with Crippen LogP contribution in [0, 0.1) is 6.92 Å². The number of hydrogen-bond donors (Lipinski definition) is 1. The number of carbonyl (C=O) groups is 3. The minimum atomic E-state index is -0.956. The van der Waals surface area contributed by atoms with Crippen LogP contribution < -0.4 is 19.7 Å². The number of imide groups is 1. The third kappa shape index (κ3) is 3.67. The lowest BCUT2D eigenvalue weighted by Crippen LogP contribution is -2.43. The lowest BCUT2D eigenvalue weighted by atomic mass is 10.1. The van der Waals surface area contributed by atoms with Gasteiger partial charge in [0.25, 0.3) is 11.8 Å². The summed E-state index contributed by atoms with van der Waals surface area (Å²) in [4.78, 5) is 39.4. The Morgan fingerprint density at radius 1 is 1.03 bits per heavy atom. The van der Waals surface area contributed by atoms with E-state index in [-0.39, 0.29) is 6.54 Å². The highest BCUT2D eigenvalue weighted by Crippen LogP contribution is 2.32. The van der Waals surface area contributed by atoms with E-state index in [1.165, 1.54) is 19.2 Å². The van der Waals surface area contributed by atoms with Crippen LogP contribution in [-0.2, 0) is 14.4 Å². The number of amides is 3. The van der Waals surface area contributed by atoms with Crippen LogP contribution in [0.3, 0.4) is 0 Å². The highest BCUT2D eigenvalue weighted by molar-refractivity contribution is 6.25. The van der Waals surface area contributed by atoms with Gasteiger partial charge in [-0.3, -0.25) is 19.4 Å². The molecule has 1 N–H and O–H groups in total. The number of nitrogens with one attached hydrogen (secondary N) is 1. The first-order chi connectivity index (χ1) is 14.9. The molecule has 0 bridgehead atoms. The van der Waals surface area contributed by atoms with E-state index in [0.717, 1.165) is 10.5 Å². The van der Waals surface area contributed by atoms with Crippen molar-refractivity contribution in [2.45, 2.75) is 19.0 Å². The first-order valence-corrected chi connectivity index (χ1v) is 9.56. The Bertz CT molecular complexity index is 1070. The van der Waals surface area contributed by atoms with Crippen LogP contribution in [0.5, 0.6) is 11.5 Å². The van der Waals surface area contributed by atoms with Crippen molar-refractivity contribution in [1.29, 1.82) is 0 Å². The van der Waals surface area contributed by atoms with E-state index in [4.69, 9.17) is 9.47 Å². The van der Waals surface area contributed by atoms with E-state index in [0.29, 0.717) is 22.9 Å². The fourth-order valence-electron chi connectivity index (χ4n) is 3.56. The number of benzene rings is 2. The molecule has 3 amide bonds. The zero-order valence-corrected chi connectivity index (χ0v) is 17.2. The molecular weight excluding hydrogens is 402 g/mol. The maximum atomic E-state index is 13.0. The Morgan fingerprint density at radius 2 is 1.74 bits per heavy atom. The van der Waals surface area contributed by atoms with Crippen molar-refractivity contribution in [1.82, 2.24) is 5.01 Å². The monoisotopic (exact) mass is 423 g/mol. The van der Waals surface area contributed by atoms with Crippen molar-refractivity contribution in [3.63, 3.8) is 0 Å². The molecule has 2 heterocycles. The maximum Gasteiger partial charge on any atom is 0.263 e. The van der Waals surface area contributed by atoms with Crippen molar-refractivity contribution in [2.75, 3.05) is 31.0 Å². The highest BCUT2D eigenvalue weighted by atomic mass is 16.5. The van der Waals surface area contributed by atoms with Crippen LogP contribution in [0.25, 0.3) is 0 Å². The second-order valence-electron chi connectivity index (χ2n) is 7.16. The normalized spacial score (nSPS) is 19.6. The van der Waals surface area contributed by atoms with Gasteiger partial charge in [0, 0.05) is 11.8 Å². The summed E-state index contributed by atoms with van der Waals surface area (Å²) in [6.07, 6.45) is 0. The predicted octanol–water partition coefficient (Wildman–Crippen LogP) is 1.94. The van der Waals surface area contributed by atoms with Gasteiger partial charge in [-0.1, -0.05) is 22.9 Å². The fraction of sp³-hybridized carbons (Fsp3) is 0.286. The van der Waals surface area contributed by atoms with Crippen molar-refractivity contribution in [3.8, 4) is 11.5 Å². The molecule has 2 aromatic rings. The molecule has 1 saturated heterocycles. The van der Waals surface area contributed by atoms with Gasteiger partial charge < -0.3 is 14.8 Å². The molecule has 0 aliphatic carbocycles. The van der Waals surface area contributed by atoms with Crippen molar-refractivity contribution >= 4 is 29.1 Å². The maximum absolute atomic E-state index is 13.0. The summed E-state index contributed by atoms with van der Waals surface area (Å²) < 4.78 is 10.4. The zero-order chi connectivity index (χ0) is 22.1. The molecule has 10 nitrogen and oxygen atoms in total. The summed E-state index contributed by atoms with van der Waals surface area (Å²) in [5, 5.41) is 11.8. The van der Waals surface area contributed by atoms with E-state index < -0.39 is 29.8 Å². The van der Waals surface area contributed by atoms with E-state index in [1.807, 2.05) is 19.1 Å². The van der Waals surface area contributed by atoms with Gasteiger partial charge >= 0.3 is 0 Å². The average molecular weight is 423 g/mol. The van der Waals surface area contributed by atoms with E-state index >= 15 is 0 Å². The molecule has 0 radical (unpaired) electrons. The fourth-order valence-corrected chi connectivity index (χ4v) is 3.56. The molecule has 160 valence electrons. The Balaban J connectivity index is 1.46. The van der Waals surface area contributed by atoms with Gasteiger partial charge in [-0.2, -0.15) is 5.11 Å². The minimum absolute atomic E-state index is 0.236. The van der Waals surface area contributed by atoms with Crippen LogP contribution in [0.15, 0.2) is 52.8 Å². The Kier molecular flexibility index (Phi) is 5.28. The molecule has 2 aromatic carbocycles. The second-order valence-corrected chi connectivity index (χ2v) is 7.16. The summed E-state index contributed by atoms with van der Waals surface area (Å²) in [7, 11) is 3.02. The smallest absolute Gasteiger partial charge is 0.263 e. The lowest BCUT2D eigenvalue weighted by Gasteiger charge is -2.20. The van der Waals surface area contributed by atoms with Gasteiger partial charge in [-0.25, -0.2) is 4.90 Å². The molecule has 2 atom stereocenters. The number of hydrogen-bond acceptors (Lipinski definition) is 8. The molecule has 2 unspecified atom stereocenters. The summed E-state index contributed by atoms with van der Waals surface area (Å²) in [5.41, 5.74) is 1.97. The van der Waals surface area contributed by atoms with E-state index in [1.54, 1.807) is 30.3 Å². The Hall–Kier alpha value is -3.95. The molecule has 0 saturated carbocycles. The SMILES string of the molecule is COc1ccc(NC(=O)CN2N=NC3C(=O)N(c4ccc(C)cc4)C(=O)C32)cc1OC. The molecule has 10 heteroatoms. The number of anilines is 2. The Labute approximate surface area is 178 Å². The van der Waals surface area contributed by atoms with Gasteiger partial charge in [0.1, 0.15) is 6.54 Å². The molecule has 4 rings (SSSR count). The number of aryl methyl sites for hydroxylation is 1. The van der Waals surface area contributed by atoms with Gasteiger partial charge in [0.15, 0.2) is 23.6 Å². The van der Waals surface area contributed by atoms with Gasteiger partial charge in [0.05, 0.1) is 19.9 Å². The third-order valence-corrected chi connectivity index (χ3v) is 5.12. The second kappa shape index (κ2) is 8.05. The van der Waals surface area contributed by atoms with Crippen molar-refractivity contribution in [2.24, 2.45) is 10.3 Å². The van der Waals surface area contributed by atoms with Crippen LogP contribution in [0.2, 0.25) is 0 Å². The quantitative estimate of drug-likeness (QED) is 0.711. The lowest BCUT2D eigenvalue weighted by molar-refractivity contribution is -0.123. The summed E-state index contributed by atoms with van der Waals surface area (Å²) in [6, 6.07) is 10.1.